The summed E-state index contributed by atoms with van der Waals surface area (Å²) in [6.07, 6.45) is 0. The van der Waals surface area contributed by atoms with Crippen LogP contribution in [0.2, 0.25) is 0 Å². The highest BCUT2D eigenvalue weighted by Gasteiger charge is 2.18. The van der Waals surface area contributed by atoms with Crippen molar-refractivity contribution >= 4 is 5.69 Å². The molecule has 0 unspecified atom stereocenters. The highest BCUT2D eigenvalue weighted by atomic mass is 16.6. The van der Waals surface area contributed by atoms with E-state index in [1.165, 1.54) is 13.2 Å². The number of nitrogens with zero attached hydrogens (tertiary/aromatic N) is 1. The number of ether oxygens (including phenoxy) is 1. The number of hydrogen-bond acceptors (Lipinski definition) is 4. The minimum Gasteiger partial charge on any atom is -0.490 e. The molecule has 1 rings (SSSR count). The Morgan fingerprint density at radius 3 is 2.64 bits per heavy atom. The van der Waals surface area contributed by atoms with Gasteiger partial charge in [0.2, 0.25) is 5.75 Å². The van der Waals surface area contributed by atoms with Crippen molar-refractivity contribution in [2.24, 2.45) is 5.73 Å². The molecular formula is C9H12N2O3. The molecule has 0 bridgehead atoms. The van der Waals surface area contributed by atoms with E-state index >= 15 is 0 Å². The Labute approximate surface area is 81.6 Å². The zero-order valence-corrected chi connectivity index (χ0v) is 8.11. The van der Waals surface area contributed by atoms with E-state index in [4.69, 9.17) is 10.5 Å². The van der Waals surface area contributed by atoms with Crippen molar-refractivity contribution in [3.05, 3.63) is 33.4 Å². The fraction of sp³-hybridized carbons (Fsp3) is 0.333. The van der Waals surface area contributed by atoms with Crippen LogP contribution in [0.25, 0.3) is 0 Å². The molecule has 0 saturated carbocycles. The summed E-state index contributed by atoms with van der Waals surface area (Å²) in [6.45, 7) is 2.07. The standard InChI is InChI=1S/C9H12N2O3/c1-6-3-4-8(11(12)13)9(14-2)7(6)5-10/h3-4H,5,10H2,1-2H3. The summed E-state index contributed by atoms with van der Waals surface area (Å²) < 4.78 is 4.99. The van der Waals surface area contributed by atoms with Crippen LogP contribution in [0.15, 0.2) is 12.1 Å². The third-order valence-corrected chi connectivity index (χ3v) is 2.08. The average molecular weight is 196 g/mol. The normalized spacial score (nSPS) is 9.93. The number of nitrogens with two attached hydrogens (primary N) is 1. The molecular weight excluding hydrogens is 184 g/mol. The molecule has 14 heavy (non-hydrogen) atoms. The van der Waals surface area contributed by atoms with E-state index in [2.05, 4.69) is 0 Å². The van der Waals surface area contributed by atoms with Crippen LogP contribution in [0.4, 0.5) is 5.69 Å². The van der Waals surface area contributed by atoms with E-state index in [0.717, 1.165) is 5.56 Å². The lowest BCUT2D eigenvalue weighted by atomic mass is 10.1. The summed E-state index contributed by atoms with van der Waals surface area (Å²) in [5, 5.41) is 10.6. The maximum atomic E-state index is 10.6. The fourth-order valence-electron chi connectivity index (χ4n) is 1.34. The predicted octanol–water partition coefficient (Wildman–Crippen LogP) is 1.37. The van der Waals surface area contributed by atoms with Gasteiger partial charge in [0.05, 0.1) is 12.0 Å². The number of hydrogen-bond donors (Lipinski definition) is 1. The van der Waals surface area contributed by atoms with E-state index < -0.39 is 4.92 Å². The van der Waals surface area contributed by atoms with Crippen LogP contribution in [0.3, 0.4) is 0 Å². The Balaban J connectivity index is 3.40. The van der Waals surface area contributed by atoms with Crippen LogP contribution in [0, 0.1) is 17.0 Å². The molecule has 0 aliphatic heterocycles. The van der Waals surface area contributed by atoms with Gasteiger partial charge >= 0.3 is 5.69 Å². The first-order valence-corrected chi connectivity index (χ1v) is 4.12. The molecule has 0 radical (unpaired) electrons. The first-order valence-electron chi connectivity index (χ1n) is 4.12. The molecule has 5 nitrogen and oxygen atoms in total. The van der Waals surface area contributed by atoms with Gasteiger partial charge in [0, 0.05) is 18.2 Å². The molecule has 0 aliphatic carbocycles. The molecule has 0 spiro atoms. The van der Waals surface area contributed by atoms with Crippen molar-refractivity contribution in [1.82, 2.24) is 0 Å². The minimum atomic E-state index is -0.475. The van der Waals surface area contributed by atoms with Crippen LogP contribution >= 0.6 is 0 Å². The molecule has 1 aromatic rings. The Bertz CT molecular complexity index is 363. The Morgan fingerprint density at radius 1 is 1.57 bits per heavy atom. The van der Waals surface area contributed by atoms with Gasteiger partial charge in [-0.2, -0.15) is 0 Å². The second-order valence-corrected chi connectivity index (χ2v) is 2.87. The Morgan fingerprint density at radius 2 is 2.21 bits per heavy atom. The van der Waals surface area contributed by atoms with Crippen molar-refractivity contribution in [3.8, 4) is 5.75 Å². The molecule has 0 aliphatic rings. The van der Waals surface area contributed by atoms with Gasteiger partial charge in [-0.15, -0.1) is 0 Å². The summed E-state index contributed by atoms with van der Waals surface area (Å²) in [5.74, 6) is 0.262. The molecule has 76 valence electrons. The van der Waals surface area contributed by atoms with Crippen molar-refractivity contribution in [3.63, 3.8) is 0 Å². The number of nitro groups is 1. The topological polar surface area (TPSA) is 78.4 Å². The van der Waals surface area contributed by atoms with E-state index in [1.54, 1.807) is 6.07 Å². The molecule has 0 aromatic heterocycles. The zero-order chi connectivity index (χ0) is 10.7. The van der Waals surface area contributed by atoms with E-state index in [9.17, 15) is 10.1 Å². The maximum Gasteiger partial charge on any atom is 0.311 e. The number of methoxy groups -OCH3 is 1. The smallest absolute Gasteiger partial charge is 0.311 e. The number of nitro benzene ring substituents is 1. The first kappa shape index (κ1) is 10.5. The van der Waals surface area contributed by atoms with Crippen molar-refractivity contribution < 1.29 is 9.66 Å². The van der Waals surface area contributed by atoms with Gasteiger partial charge in [0.15, 0.2) is 0 Å². The minimum absolute atomic E-state index is 0.0430. The lowest BCUT2D eigenvalue weighted by molar-refractivity contribution is -0.385. The van der Waals surface area contributed by atoms with Crippen LogP contribution in [-0.2, 0) is 6.54 Å². The van der Waals surface area contributed by atoms with Crippen molar-refractivity contribution in [1.29, 1.82) is 0 Å². The van der Waals surface area contributed by atoms with Gasteiger partial charge in [-0.1, -0.05) is 6.07 Å². The number of aryl methyl sites for hydroxylation is 1. The van der Waals surface area contributed by atoms with Gasteiger partial charge < -0.3 is 10.5 Å². The van der Waals surface area contributed by atoms with E-state index in [-0.39, 0.29) is 18.0 Å². The lowest BCUT2D eigenvalue weighted by Crippen LogP contribution is -2.04. The summed E-state index contributed by atoms with van der Waals surface area (Å²) in [7, 11) is 1.40. The molecule has 5 heteroatoms. The van der Waals surface area contributed by atoms with Crippen LogP contribution < -0.4 is 10.5 Å². The number of rotatable bonds is 3. The van der Waals surface area contributed by atoms with Gasteiger partial charge in [-0.3, -0.25) is 10.1 Å². The third kappa shape index (κ3) is 1.67. The van der Waals surface area contributed by atoms with Gasteiger partial charge in [-0.05, 0) is 12.5 Å². The maximum absolute atomic E-state index is 10.6. The molecule has 0 fully saturated rings. The zero-order valence-electron chi connectivity index (χ0n) is 8.11. The fourth-order valence-corrected chi connectivity index (χ4v) is 1.34. The molecule has 0 amide bonds. The van der Waals surface area contributed by atoms with Gasteiger partial charge in [0.1, 0.15) is 0 Å². The summed E-state index contributed by atoms with van der Waals surface area (Å²) in [6, 6.07) is 3.09. The highest BCUT2D eigenvalue weighted by molar-refractivity contribution is 5.54. The summed E-state index contributed by atoms with van der Waals surface area (Å²) in [4.78, 5) is 10.2. The first-order chi connectivity index (χ1) is 6.61. The summed E-state index contributed by atoms with van der Waals surface area (Å²) >= 11 is 0. The van der Waals surface area contributed by atoms with Gasteiger partial charge in [0.25, 0.3) is 0 Å². The monoisotopic (exact) mass is 196 g/mol. The molecule has 0 heterocycles. The SMILES string of the molecule is COc1c([N+](=O)[O-])ccc(C)c1CN. The summed E-state index contributed by atoms with van der Waals surface area (Å²) in [5.41, 5.74) is 7.03. The van der Waals surface area contributed by atoms with Crippen LogP contribution in [0.1, 0.15) is 11.1 Å². The largest absolute Gasteiger partial charge is 0.490 e. The van der Waals surface area contributed by atoms with E-state index in [0.29, 0.717) is 5.56 Å². The van der Waals surface area contributed by atoms with Crippen molar-refractivity contribution in [2.75, 3.05) is 7.11 Å². The lowest BCUT2D eigenvalue weighted by Gasteiger charge is -2.09. The van der Waals surface area contributed by atoms with E-state index in [1.807, 2.05) is 6.92 Å². The predicted molar refractivity (Wildman–Crippen MR) is 52.3 cm³/mol. The molecule has 2 N–H and O–H groups in total. The Hall–Kier alpha value is -1.62. The average Bonchev–Trinajstić information content (AvgIpc) is 2.16. The number of benzene rings is 1. The quantitative estimate of drug-likeness (QED) is 0.585. The molecule has 1 aromatic carbocycles. The van der Waals surface area contributed by atoms with Crippen molar-refractivity contribution in [2.45, 2.75) is 13.5 Å². The third-order valence-electron chi connectivity index (χ3n) is 2.08. The second kappa shape index (κ2) is 4.06. The van der Waals surface area contributed by atoms with Crippen LogP contribution in [0.5, 0.6) is 5.75 Å². The Kier molecular flexibility index (Phi) is 3.03. The van der Waals surface area contributed by atoms with Gasteiger partial charge in [-0.25, -0.2) is 0 Å². The molecule has 0 saturated heterocycles. The second-order valence-electron chi connectivity index (χ2n) is 2.87. The highest BCUT2D eigenvalue weighted by Crippen LogP contribution is 2.32. The molecule has 0 atom stereocenters. The van der Waals surface area contributed by atoms with Crippen LogP contribution in [-0.4, -0.2) is 12.0 Å².